The average molecular weight is 244 g/mol. The third kappa shape index (κ3) is 5.44. The van der Waals surface area contributed by atoms with Gasteiger partial charge in [-0.15, -0.1) is 23.2 Å². The zero-order valence-electron chi connectivity index (χ0n) is 8.89. The second kappa shape index (κ2) is 8.01. The van der Waals surface area contributed by atoms with Crippen LogP contribution < -0.4 is 0 Å². The normalized spacial score (nSPS) is 10.9. The molecule has 0 nitrogen and oxygen atoms in total. The third-order valence-corrected chi connectivity index (χ3v) is 2.88. The van der Waals surface area contributed by atoms with Gasteiger partial charge in [-0.2, -0.15) is 0 Å². The molecule has 1 aromatic carbocycles. The van der Waals surface area contributed by atoms with Crippen molar-refractivity contribution >= 4 is 23.2 Å². The predicted octanol–water partition coefficient (Wildman–Crippen LogP) is 4.45. The van der Waals surface area contributed by atoms with E-state index in [-0.39, 0.29) is 0 Å². The first-order chi connectivity index (χ1) is 7.36. The maximum atomic E-state index is 5.75. The highest BCUT2D eigenvalue weighted by atomic mass is 35.5. The Morgan fingerprint density at radius 3 is 2.00 bits per heavy atom. The zero-order chi connectivity index (χ0) is 10.9. The molecule has 0 atom stereocenters. The zero-order valence-corrected chi connectivity index (χ0v) is 10.4. The van der Waals surface area contributed by atoms with Crippen LogP contribution in [0.15, 0.2) is 30.3 Å². The highest BCUT2D eigenvalue weighted by molar-refractivity contribution is 6.18. The summed E-state index contributed by atoms with van der Waals surface area (Å²) in [6.45, 7) is 0. The molecule has 0 heterocycles. The Morgan fingerprint density at radius 2 is 1.47 bits per heavy atom. The highest BCUT2D eigenvalue weighted by Gasteiger charge is 2.08. The number of halogens is 2. The van der Waals surface area contributed by atoms with Gasteiger partial charge in [0.05, 0.1) is 0 Å². The predicted molar refractivity (Wildman–Crippen MR) is 68.7 cm³/mol. The molecule has 0 aliphatic carbocycles. The van der Waals surface area contributed by atoms with E-state index in [9.17, 15) is 0 Å². The lowest BCUT2D eigenvalue weighted by Gasteiger charge is -2.13. The maximum Gasteiger partial charge on any atom is 0.0228 e. The molecule has 1 radical (unpaired) electrons. The van der Waals surface area contributed by atoms with E-state index in [4.69, 9.17) is 23.2 Å². The van der Waals surface area contributed by atoms with E-state index in [1.165, 1.54) is 11.5 Å². The lowest BCUT2D eigenvalue weighted by molar-refractivity contribution is 0.705. The summed E-state index contributed by atoms with van der Waals surface area (Å²) < 4.78 is 0. The lowest BCUT2D eigenvalue weighted by Crippen LogP contribution is -2.02. The topological polar surface area (TPSA) is 0 Å². The first-order valence-electron chi connectivity index (χ1n) is 5.36. The van der Waals surface area contributed by atoms with Gasteiger partial charge in [-0.3, -0.25) is 0 Å². The molecule has 0 amide bonds. The SMILES string of the molecule is ClCC[C](CCCl)CCc1ccccc1. The minimum absolute atomic E-state index is 0.709. The van der Waals surface area contributed by atoms with Crippen molar-refractivity contribution in [3.63, 3.8) is 0 Å². The number of rotatable bonds is 7. The Balaban J connectivity index is 2.33. The van der Waals surface area contributed by atoms with Crippen LogP contribution in [-0.4, -0.2) is 11.8 Å². The molecule has 1 rings (SSSR count). The lowest BCUT2D eigenvalue weighted by atomic mass is 9.95. The summed E-state index contributed by atoms with van der Waals surface area (Å²) in [6.07, 6.45) is 4.22. The molecular formula is C13H17Cl2. The van der Waals surface area contributed by atoms with E-state index < -0.39 is 0 Å². The summed E-state index contributed by atoms with van der Waals surface area (Å²) in [4.78, 5) is 0. The molecule has 0 saturated carbocycles. The molecule has 0 aromatic heterocycles. The van der Waals surface area contributed by atoms with Gasteiger partial charge >= 0.3 is 0 Å². The van der Waals surface area contributed by atoms with Gasteiger partial charge in [0.2, 0.25) is 0 Å². The molecular weight excluding hydrogens is 227 g/mol. The van der Waals surface area contributed by atoms with Crippen molar-refractivity contribution < 1.29 is 0 Å². The minimum atomic E-state index is 0.709. The minimum Gasteiger partial charge on any atom is -0.127 e. The second-order valence-corrected chi connectivity index (χ2v) is 4.37. The molecule has 1 aromatic rings. The molecule has 0 spiro atoms. The monoisotopic (exact) mass is 243 g/mol. The third-order valence-electron chi connectivity index (χ3n) is 2.51. The summed E-state index contributed by atoms with van der Waals surface area (Å²) in [5.41, 5.74) is 1.39. The van der Waals surface area contributed by atoms with Crippen LogP contribution in [0.1, 0.15) is 24.8 Å². The van der Waals surface area contributed by atoms with Gasteiger partial charge in [0, 0.05) is 11.8 Å². The Kier molecular flexibility index (Phi) is 6.87. The molecule has 0 saturated heterocycles. The first kappa shape index (κ1) is 12.9. The summed E-state index contributed by atoms with van der Waals surface area (Å²) in [5.74, 6) is 2.91. The van der Waals surface area contributed by atoms with Crippen LogP contribution in [0.25, 0.3) is 0 Å². The molecule has 0 fully saturated rings. The van der Waals surface area contributed by atoms with Crippen LogP contribution in [0, 0.1) is 5.92 Å². The van der Waals surface area contributed by atoms with Crippen molar-refractivity contribution in [1.82, 2.24) is 0 Å². The molecule has 0 N–H and O–H groups in total. The number of hydrogen-bond acceptors (Lipinski definition) is 0. The van der Waals surface area contributed by atoms with E-state index in [2.05, 4.69) is 24.3 Å². The number of benzene rings is 1. The number of aryl methyl sites for hydroxylation is 1. The largest absolute Gasteiger partial charge is 0.127 e. The molecule has 0 bridgehead atoms. The van der Waals surface area contributed by atoms with Crippen molar-refractivity contribution in [2.75, 3.05) is 11.8 Å². The molecule has 0 unspecified atom stereocenters. The van der Waals surface area contributed by atoms with E-state index in [1.807, 2.05) is 6.07 Å². The average Bonchev–Trinajstić information content (AvgIpc) is 2.28. The Bertz CT molecular complexity index is 240. The molecule has 0 aliphatic heterocycles. The smallest absolute Gasteiger partial charge is 0.0228 e. The van der Waals surface area contributed by atoms with Crippen LogP contribution in [0.4, 0.5) is 0 Å². The molecule has 0 aliphatic rings. The highest BCUT2D eigenvalue weighted by Crippen LogP contribution is 2.20. The van der Waals surface area contributed by atoms with E-state index >= 15 is 0 Å². The first-order valence-corrected chi connectivity index (χ1v) is 6.43. The van der Waals surface area contributed by atoms with Gasteiger partial charge in [-0.25, -0.2) is 0 Å². The van der Waals surface area contributed by atoms with E-state index in [0.29, 0.717) is 11.8 Å². The number of hydrogen-bond donors (Lipinski definition) is 0. The summed E-state index contributed by atoms with van der Waals surface area (Å²) in [5, 5.41) is 0. The maximum absolute atomic E-state index is 5.75. The van der Waals surface area contributed by atoms with Gasteiger partial charge in [-0.05, 0) is 37.2 Å². The fraction of sp³-hybridized carbons (Fsp3) is 0.462. The summed E-state index contributed by atoms with van der Waals surface area (Å²) >= 11 is 11.5. The van der Waals surface area contributed by atoms with Crippen LogP contribution in [0.2, 0.25) is 0 Å². The second-order valence-electron chi connectivity index (χ2n) is 3.61. The van der Waals surface area contributed by atoms with Crippen LogP contribution in [0.5, 0.6) is 0 Å². The number of alkyl halides is 2. The summed E-state index contributed by atoms with van der Waals surface area (Å²) in [6, 6.07) is 10.5. The Labute approximate surface area is 103 Å². The fourth-order valence-electron chi connectivity index (χ4n) is 1.61. The van der Waals surface area contributed by atoms with Crippen molar-refractivity contribution in [2.45, 2.75) is 25.7 Å². The molecule has 15 heavy (non-hydrogen) atoms. The standard InChI is InChI=1S/C13H17Cl2/c14-10-8-13(9-11-15)7-6-12-4-2-1-3-5-12/h1-5H,6-11H2. The van der Waals surface area contributed by atoms with Gasteiger partial charge in [-0.1, -0.05) is 30.3 Å². The van der Waals surface area contributed by atoms with E-state index in [1.54, 1.807) is 0 Å². The van der Waals surface area contributed by atoms with Gasteiger partial charge < -0.3 is 0 Å². The Morgan fingerprint density at radius 1 is 0.867 bits per heavy atom. The Hall–Kier alpha value is -0.200. The van der Waals surface area contributed by atoms with Crippen LogP contribution in [-0.2, 0) is 6.42 Å². The molecule has 83 valence electrons. The summed E-state index contributed by atoms with van der Waals surface area (Å²) in [7, 11) is 0. The quantitative estimate of drug-likeness (QED) is 0.621. The van der Waals surface area contributed by atoms with Gasteiger partial charge in [0.15, 0.2) is 0 Å². The van der Waals surface area contributed by atoms with Gasteiger partial charge in [0.25, 0.3) is 0 Å². The molecule has 2 heteroatoms. The fourth-order valence-corrected chi connectivity index (χ4v) is 2.14. The van der Waals surface area contributed by atoms with Crippen molar-refractivity contribution in [3.8, 4) is 0 Å². The van der Waals surface area contributed by atoms with Crippen LogP contribution in [0.3, 0.4) is 0 Å². The van der Waals surface area contributed by atoms with Crippen molar-refractivity contribution in [2.24, 2.45) is 0 Å². The van der Waals surface area contributed by atoms with Gasteiger partial charge in [0.1, 0.15) is 0 Å². The van der Waals surface area contributed by atoms with Crippen LogP contribution >= 0.6 is 23.2 Å². The van der Waals surface area contributed by atoms with Crippen molar-refractivity contribution in [1.29, 1.82) is 0 Å². The van der Waals surface area contributed by atoms with E-state index in [0.717, 1.165) is 25.7 Å². The van der Waals surface area contributed by atoms with Crippen molar-refractivity contribution in [3.05, 3.63) is 41.8 Å².